The van der Waals surface area contributed by atoms with E-state index in [9.17, 15) is 9.59 Å². The summed E-state index contributed by atoms with van der Waals surface area (Å²) in [4.78, 5) is 23.0. The number of nitrogens with zero attached hydrogens (tertiary/aromatic N) is 1. The quantitative estimate of drug-likeness (QED) is 0.905. The molecular weight excluding hydrogens is 254 g/mol. The zero-order valence-electron chi connectivity index (χ0n) is 9.55. The van der Waals surface area contributed by atoms with Crippen LogP contribution in [0, 0.1) is 0 Å². The minimum Gasteiger partial charge on any atom is -0.477 e. The Bertz CT molecular complexity index is 676. The molecule has 0 spiro atoms. The summed E-state index contributed by atoms with van der Waals surface area (Å²) in [6, 6.07) is 6.75. The first kappa shape index (κ1) is 12.4. The molecule has 0 radical (unpaired) electrons. The van der Waals surface area contributed by atoms with Gasteiger partial charge in [-0.3, -0.25) is 4.79 Å². The Labute approximate surface area is 108 Å². The summed E-state index contributed by atoms with van der Waals surface area (Å²) < 4.78 is 1.54. The van der Waals surface area contributed by atoms with Gasteiger partial charge in [0.05, 0.1) is 0 Å². The number of aromatic carboxylic acids is 1. The van der Waals surface area contributed by atoms with Crippen molar-refractivity contribution in [3.05, 3.63) is 57.5 Å². The highest BCUT2D eigenvalue weighted by molar-refractivity contribution is 6.30. The number of pyridine rings is 1. The number of carboxylic acids is 1. The molecule has 5 heteroatoms. The predicted molar refractivity (Wildman–Crippen MR) is 69.1 cm³/mol. The highest BCUT2D eigenvalue weighted by Gasteiger charge is 2.14. The van der Waals surface area contributed by atoms with E-state index >= 15 is 0 Å². The van der Waals surface area contributed by atoms with Gasteiger partial charge in [0.2, 0.25) is 5.43 Å². The minimum atomic E-state index is -1.24. The van der Waals surface area contributed by atoms with E-state index in [0.29, 0.717) is 16.1 Å². The molecule has 92 valence electrons. The predicted octanol–water partition coefficient (Wildman–Crippen LogP) is 2.40. The van der Waals surface area contributed by atoms with Crippen LogP contribution in [0.4, 0.5) is 0 Å². The first-order valence-corrected chi connectivity index (χ1v) is 5.56. The van der Waals surface area contributed by atoms with Crippen LogP contribution >= 0.6 is 11.6 Å². The van der Waals surface area contributed by atoms with Gasteiger partial charge < -0.3 is 9.67 Å². The molecule has 0 bridgehead atoms. The maximum absolute atomic E-state index is 12.0. The fourth-order valence-corrected chi connectivity index (χ4v) is 1.91. The van der Waals surface area contributed by atoms with Gasteiger partial charge in [-0.1, -0.05) is 23.7 Å². The fourth-order valence-electron chi connectivity index (χ4n) is 1.72. The van der Waals surface area contributed by atoms with Gasteiger partial charge in [-0.15, -0.1) is 0 Å². The summed E-state index contributed by atoms with van der Waals surface area (Å²) in [5.41, 5.74) is 0.156. The van der Waals surface area contributed by atoms with Gasteiger partial charge in [-0.2, -0.15) is 0 Å². The number of hydrogen-bond acceptors (Lipinski definition) is 2. The molecule has 18 heavy (non-hydrogen) atoms. The molecule has 2 aromatic rings. The lowest BCUT2D eigenvalue weighted by Crippen LogP contribution is -2.18. The average Bonchev–Trinajstić information content (AvgIpc) is 2.31. The molecule has 0 aliphatic heterocycles. The van der Waals surface area contributed by atoms with Crippen molar-refractivity contribution >= 4 is 17.6 Å². The van der Waals surface area contributed by atoms with E-state index < -0.39 is 11.4 Å². The summed E-state index contributed by atoms with van der Waals surface area (Å²) >= 11 is 5.86. The standard InChI is InChI=1S/C13H10ClNO3/c1-15-6-10(8-3-2-4-9(14)5-8)12(16)11(7-15)13(17)18/h2-7H,1H3,(H,17,18). The third-order valence-corrected chi connectivity index (χ3v) is 2.76. The van der Waals surface area contributed by atoms with Crippen LogP contribution in [0.15, 0.2) is 41.5 Å². The minimum absolute atomic E-state index is 0.255. The Morgan fingerprint density at radius 3 is 2.67 bits per heavy atom. The van der Waals surface area contributed by atoms with Crippen molar-refractivity contribution < 1.29 is 9.90 Å². The Balaban J connectivity index is 2.72. The number of carbonyl (C=O) groups is 1. The first-order valence-electron chi connectivity index (χ1n) is 5.18. The van der Waals surface area contributed by atoms with Gasteiger partial charge in [-0.25, -0.2) is 4.79 Å². The van der Waals surface area contributed by atoms with Gasteiger partial charge in [0.25, 0.3) is 0 Å². The second-order valence-electron chi connectivity index (χ2n) is 3.90. The number of halogens is 1. The summed E-state index contributed by atoms with van der Waals surface area (Å²) in [6.07, 6.45) is 2.87. The normalized spacial score (nSPS) is 10.3. The van der Waals surface area contributed by atoms with E-state index in [1.807, 2.05) is 0 Å². The second kappa shape index (κ2) is 4.66. The number of aryl methyl sites for hydroxylation is 1. The molecule has 0 fully saturated rings. The van der Waals surface area contributed by atoms with Gasteiger partial charge >= 0.3 is 5.97 Å². The molecule has 0 unspecified atom stereocenters. The van der Waals surface area contributed by atoms with Crippen LogP contribution in [-0.2, 0) is 7.05 Å². The van der Waals surface area contributed by atoms with Crippen LogP contribution in [0.1, 0.15) is 10.4 Å². The Morgan fingerprint density at radius 1 is 1.33 bits per heavy atom. The molecule has 0 amide bonds. The molecule has 0 aliphatic carbocycles. The highest BCUT2D eigenvalue weighted by atomic mass is 35.5. The number of rotatable bonds is 2. The Morgan fingerprint density at radius 2 is 2.06 bits per heavy atom. The summed E-state index contributed by atoms with van der Waals surface area (Å²) in [7, 11) is 1.67. The molecule has 1 heterocycles. The smallest absolute Gasteiger partial charge is 0.341 e. The van der Waals surface area contributed by atoms with E-state index in [4.69, 9.17) is 16.7 Å². The second-order valence-corrected chi connectivity index (χ2v) is 4.33. The van der Waals surface area contributed by atoms with Crippen molar-refractivity contribution in [3.63, 3.8) is 0 Å². The van der Waals surface area contributed by atoms with E-state index in [0.717, 1.165) is 0 Å². The molecular formula is C13H10ClNO3. The van der Waals surface area contributed by atoms with Gasteiger partial charge in [0.1, 0.15) is 5.56 Å². The molecule has 0 atom stereocenters. The molecule has 1 N–H and O–H groups in total. The molecule has 0 saturated carbocycles. The molecule has 4 nitrogen and oxygen atoms in total. The number of carboxylic acid groups (broad SMARTS) is 1. The van der Waals surface area contributed by atoms with Crippen LogP contribution in [-0.4, -0.2) is 15.6 Å². The first-order chi connectivity index (χ1) is 8.49. The molecule has 0 saturated heterocycles. The highest BCUT2D eigenvalue weighted by Crippen LogP contribution is 2.20. The van der Waals surface area contributed by atoms with Crippen molar-refractivity contribution in [1.82, 2.24) is 4.57 Å². The van der Waals surface area contributed by atoms with E-state index in [1.165, 1.54) is 6.20 Å². The zero-order valence-corrected chi connectivity index (χ0v) is 10.3. The SMILES string of the molecule is Cn1cc(C(=O)O)c(=O)c(-c2cccc(Cl)c2)c1. The largest absolute Gasteiger partial charge is 0.477 e. The van der Waals surface area contributed by atoms with Crippen LogP contribution < -0.4 is 5.43 Å². The Hall–Kier alpha value is -2.07. The van der Waals surface area contributed by atoms with Crippen molar-refractivity contribution in [3.8, 4) is 11.1 Å². The van der Waals surface area contributed by atoms with Crippen molar-refractivity contribution in [2.24, 2.45) is 7.05 Å². The van der Waals surface area contributed by atoms with Crippen LogP contribution in [0.25, 0.3) is 11.1 Å². The lowest BCUT2D eigenvalue weighted by Gasteiger charge is -2.06. The van der Waals surface area contributed by atoms with E-state index in [2.05, 4.69) is 0 Å². The van der Waals surface area contributed by atoms with E-state index in [1.54, 1.807) is 42.1 Å². The third kappa shape index (κ3) is 2.28. The van der Waals surface area contributed by atoms with Gasteiger partial charge in [0.15, 0.2) is 0 Å². The molecule has 1 aromatic heterocycles. The lowest BCUT2D eigenvalue weighted by molar-refractivity contribution is 0.0694. The van der Waals surface area contributed by atoms with E-state index in [-0.39, 0.29) is 5.56 Å². The molecule has 2 rings (SSSR count). The zero-order chi connectivity index (χ0) is 13.3. The topological polar surface area (TPSA) is 59.3 Å². The van der Waals surface area contributed by atoms with Crippen molar-refractivity contribution in [1.29, 1.82) is 0 Å². The maximum atomic E-state index is 12.0. The number of benzene rings is 1. The molecule has 0 aliphatic rings. The van der Waals surface area contributed by atoms with Crippen LogP contribution in [0.5, 0.6) is 0 Å². The van der Waals surface area contributed by atoms with Crippen molar-refractivity contribution in [2.45, 2.75) is 0 Å². The summed E-state index contributed by atoms with van der Waals surface area (Å²) in [6.45, 7) is 0. The lowest BCUT2D eigenvalue weighted by atomic mass is 10.1. The van der Waals surface area contributed by atoms with Crippen LogP contribution in [0.3, 0.4) is 0 Å². The van der Waals surface area contributed by atoms with Crippen LogP contribution in [0.2, 0.25) is 5.02 Å². The summed E-state index contributed by atoms with van der Waals surface area (Å²) in [5, 5.41) is 9.47. The average molecular weight is 264 g/mol. The number of aromatic nitrogens is 1. The Kier molecular flexibility index (Phi) is 3.21. The van der Waals surface area contributed by atoms with Crippen molar-refractivity contribution in [2.75, 3.05) is 0 Å². The maximum Gasteiger partial charge on any atom is 0.341 e. The fraction of sp³-hybridized carbons (Fsp3) is 0.0769. The summed E-state index contributed by atoms with van der Waals surface area (Å²) in [5.74, 6) is -1.24. The molecule has 1 aromatic carbocycles. The third-order valence-electron chi connectivity index (χ3n) is 2.52. The van der Waals surface area contributed by atoms with Gasteiger partial charge in [-0.05, 0) is 17.7 Å². The number of hydrogen-bond donors (Lipinski definition) is 1. The van der Waals surface area contributed by atoms with Gasteiger partial charge in [0, 0.05) is 30.0 Å². The monoisotopic (exact) mass is 263 g/mol.